The molecule has 1 atom stereocenters. The quantitative estimate of drug-likeness (QED) is 0.541. The van der Waals surface area contributed by atoms with Crippen molar-refractivity contribution in [2.45, 2.75) is 36.2 Å². The average molecular weight is 424 g/mol. The Morgan fingerprint density at radius 1 is 1.07 bits per heavy atom. The molecule has 8 heteroatoms. The molecule has 0 radical (unpaired) electrons. The molecule has 1 saturated heterocycles. The van der Waals surface area contributed by atoms with Crippen LogP contribution in [-0.4, -0.2) is 51.2 Å². The van der Waals surface area contributed by atoms with E-state index in [9.17, 15) is 4.79 Å². The lowest BCUT2D eigenvalue weighted by atomic mass is 10.1. The largest absolute Gasteiger partial charge is 0.497 e. The molecule has 0 bridgehead atoms. The van der Waals surface area contributed by atoms with Crippen LogP contribution in [0.4, 0.5) is 0 Å². The van der Waals surface area contributed by atoms with Crippen LogP contribution < -0.4 is 4.74 Å². The lowest BCUT2D eigenvalue weighted by Crippen LogP contribution is -2.38. The second-order valence-corrected chi connectivity index (χ2v) is 8.33. The second-order valence-electron chi connectivity index (χ2n) is 7.26. The molecule has 3 aromatic rings. The van der Waals surface area contributed by atoms with E-state index in [0.29, 0.717) is 11.7 Å². The summed E-state index contributed by atoms with van der Waals surface area (Å²) in [4.78, 5) is 15.4. The molecule has 2 heterocycles. The fourth-order valence-corrected chi connectivity index (χ4v) is 4.62. The van der Waals surface area contributed by atoms with Crippen LogP contribution in [0.3, 0.4) is 0 Å². The number of carbonyl (C=O) groups excluding carboxylic acids is 1. The summed E-state index contributed by atoms with van der Waals surface area (Å²) in [6.45, 7) is 2.16. The first-order valence-electron chi connectivity index (χ1n) is 10.1. The predicted octanol–water partition coefficient (Wildman–Crippen LogP) is 3.58. The Hall–Kier alpha value is -2.87. The smallest absolute Gasteiger partial charge is 0.240 e. The van der Waals surface area contributed by atoms with Gasteiger partial charge < -0.3 is 9.64 Å². The summed E-state index contributed by atoms with van der Waals surface area (Å²) in [7, 11) is 1.65. The fraction of sp³-hybridized carbons (Fsp3) is 0.364. The number of rotatable bonds is 7. The fourth-order valence-electron chi connectivity index (χ4n) is 3.56. The molecule has 1 amide bonds. The maximum absolute atomic E-state index is 13.4. The zero-order valence-corrected chi connectivity index (χ0v) is 17.8. The van der Waals surface area contributed by atoms with Gasteiger partial charge in [0.2, 0.25) is 11.1 Å². The van der Waals surface area contributed by atoms with Crippen molar-refractivity contribution < 1.29 is 9.53 Å². The van der Waals surface area contributed by atoms with E-state index in [1.165, 1.54) is 18.2 Å². The Morgan fingerprint density at radius 2 is 1.80 bits per heavy atom. The summed E-state index contributed by atoms with van der Waals surface area (Å²) in [5.74, 6) is 0.936. The lowest BCUT2D eigenvalue weighted by molar-refractivity contribution is -0.131. The van der Waals surface area contributed by atoms with Gasteiger partial charge in [0.1, 0.15) is 11.0 Å². The number of ether oxygens (including phenoxy) is 1. The molecule has 0 N–H and O–H groups in total. The number of piperidine rings is 1. The van der Waals surface area contributed by atoms with E-state index in [-0.39, 0.29) is 11.2 Å². The van der Waals surface area contributed by atoms with E-state index in [0.717, 1.165) is 42.8 Å². The van der Waals surface area contributed by atoms with Crippen molar-refractivity contribution in [3.63, 3.8) is 0 Å². The first kappa shape index (κ1) is 20.4. The van der Waals surface area contributed by atoms with Crippen LogP contribution in [0.15, 0.2) is 59.8 Å². The van der Waals surface area contributed by atoms with Gasteiger partial charge in [0.05, 0.1) is 13.7 Å². The highest BCUT2D eigenvalue weighted by Gasteiger charge is 2.29. The van der Waals surface area contributed by atoms with E-state index in [2.05, 4.69) is 15.5 Å². The molecule has 1 fully saturated rings. The SMILES string of the molecule is COc1ccc(Cn2nnnc2S[C@@H](C(=O)N2CCCCC2)c2ccccc2)cc1. The third kappa shape index (κ3) is 4.81. The van der Waals surface area contributed by atoms with Crippen LogP contribution in [-0.2, 0) is 11.3 Å². The third-order valence-corrected chi connectivity index (χ3v) is 6.42. The van der Waals surface area contributed by atoms with Gasteiger partial charge in [0.15, 0.2) is 0 Å². The molecular weight excluding hydrogens is 398 g/mol. The average Bonchev–Trinajstić information content (AvgIpc) is 3.25. The van der Waals surface area contributed by atoms with Crippen molar-refractivity contribution in [1.29, 1.82) is 0 Å². The maximum atomic E-state index is 13.4. The van der Waals surface area contributed by atoms with Crippen LogP contribution in [0.5, 0.6) is 5.75 Å². The van der Waals surface area contributed by atoms with Crippen LogP contribution in [0, 0.1) is 0 Å². The van der Waals surface area contributed by atoms with Gasteiger partial charge in [-0.1, -0.05) is 54.2 Å². The molecule has 7 nitrogen and oxygen atoms in total. The van der Waals surface area contributed by atoms with Crippen LogP contribution >= 0.6 is 11.8 Å². The van der Waals surface area contributed by atoms with Crippen molar-refractivity contribution in [2.24, 2.45) is 0 Å². The van der Waals surface area contributed by atoms with Crippen molar-refractivity contribution in [3.8, 4) is 5.75 Å². The molecule has 2 aromatic carbocycles. The first-order valence-corrected chi connectivity index (χ1v) is 11.0. The first-order chi connectivity index (χ1) is 14.7. The number of benzene rings is 2. The summed E-state index contributed by atoms with van der Waals surface area (Å²) >= 11 is 1.41. The standard InChI is InChI=1S/C22H25N5O2S/c1-29-19-12-10-17(11-13-19)16-27-22(23-24-25-27)30-20(18-8-4-2-5-9-18)21(28)26-14-6-3-7-15-26/h2,4-5,8-13,20H,3,6-7,14-16H2,1H3/t20-/m1/s1. The molecule has 1 aromatic heterocycles. The molecule has 1 aliphatic rings. The highest BCUT2D eigenvalue weighted by Crippen LogP contribution is 2.36. The molecule has 30 heavy (non-hydrogen) atoms. The monoisotopic (exact) mass is 423 g/mol. The Labute approximate surface area is 180 Å². The second kappa shape index (κ2) is 9.75. The molecule has 4 rings (SSSR count). The lowest BCUT2D eigenvalue weighted by Gasteiger charge is -2.30. The topological polar surface area (TPSA) is 73.1 Å². The van der Waals surface area contributed by atoms with E-state index < -0.39 is 0 Å². The molecule has 0 aliphatic carbocycles. The molecule has 1 aliphatic heterocycles. The zero-order valence-electron chi connectivity index (χ0n) is 17.0. The van der Waals surface area contributed by atoms with Gasteiger partial charge in [-0.25, -0.2) is 4.68 Å². The number of aromatic nitrogens is 4. The van der Waals surface area contributed by atoms with Crippen LogP contribution in [0.1, 0.15) is 35.6 Å². The zero-order chi connectivity index (χ0) is 20.8. The normalized spacial score (nSPS) is 15.0. The Bertz CT molecular complexity index is 955. The van der Waals surface area contributed by atoms with Crippen LogP contribution in [0.25, 0.3) is 0 Å². The Balaban J connectivity index is 1.56. The van der Waals surface area contributed by atoms with Crippen LogP contribution in [0.2, 0.25) is 0 Å². The molecule has 0 saturated carbocycles. The number of amides is 1. The Kier molecular flexibility index (Phi) is 6.63. The van der Waals surface area contributed by atoms with Gasteiger partial charge in [-0.2, -0.15) is 0 Å². The number of methoxy groups -OCH3 is 1. The summed E-state index contributed by atoms with van der Waals surface area (Å²) in [5, 5.41) is 12.5. The summed E-state index contributed by atoms with van der Waals surface area (Å²) in [6, 6.07) is 17.7. The highest BCUT2D eigenvalue weighted by molar-refractivity contribution is 8.00. The minimum absolute atomic E-state index is 0.130. The number of thioether (sulfide) groups is 1. The highest BCUT2D eigenvalue weighted by atomic mass is 32.2. The molecule has 0 unspecified atom stereocenters. The van der Waals surface area contributed by atoms with Crippen molar-refractivity contribution in [1.82, 2.24) is 25.1 Å². The maximum Gasteiger partial charge on any atom is 0.240 e. The number of hydrogen-bond donors (Lipinski definition) is 0. The van der Waals surface area contributed by atoms with Gasteiger partial charge >= 0.3 is 0 Å². The number of nitrogens with zero attached hydrogens (tertiary/aromatic N) is 5. The number of hydrogen-bond acceptors (Lipinski definition) is 6. The van der Waals surface area contributed by atoms with E-state index in [1.807, 2.05) is 59.5 Å². The molecule has 0 spiro atoms. The van der Waals surface area contributed by atoms with Crippen molar-refractivity contribution in [2.75, 3.05) is 20.2 Å². The van der Waals surface area contributed by atoms with Crippen molar-refractivity contribution in [3.05, 3.63) is 65.7 Å². The van der Waals surface area contributed by atoms with Gasteiger partial charge in [-0.3, -0.25) is 4.79 Å². The van der Waals surface area contributed by atoms with Gasteiger partial charge in [0.25, 0.3) is 0 Å². The minimum Gasteiger partial charge on any atom is -0.497 e. The molecule has 156 valence electrons. The number of carbonyl (C=O) groups is 1. The number of tetrazole rings is 1. The van der Waals surface area contributed by atoms with Gasteiger partial charge in [-0.15, -0.1) is 5.10 Å². The minimum atomic E-state index is -0.370. The van der Waals surface area contributed by atoms with E-state index in [1.54, 1.807) is 11.8 Å². The van der Waals surface area contributed by atoms with E-state index in [4.69, 9.17) is 4.74 Å². The molecular formula is C22H25N5O2S. The summed E-state index contributed by atoms with van der Waals surface area (Å²) < 4.78 is 6.96. The summed E-state index contributed by atoms with van der Waals surface area (Å²) in [5.41, 5.74) is 2.03. The van der Waals surface area contributed by atoms with Gasteiger partial charge in [0, 0.05) is 13.1 Å². The van der Waals surface area contributed by atoms with Gasteiger partial charge in [-0.05, 0) is 52.9 Å². The van der Waals surface area contributed by atoms with E-state index >= 15 is 0 Å². The van der Waals surface area contributed by atoms with Crippen molar-refractivity contribution >= 4 is 17.7 Å². The number of likely N-dealkylation sites (tertiary alicyclic amines) is 1. The predicted molar refractivity (Wildman–Crippen MR) is 115 cm³/mol. The Morgan fingerprint density at radius 3 is 2.50 bits per heavy atom. The summed E-state index contributed by atoms with van der Waals surface area (Å²) in [6.07, 6.45) is 3.31. The third-order valence-electron chi connectivity index (χ3n) is 5.21.